The van der Waals surface area contributed by atoms with Crippen LogP contribution in [-0.2, 0) is 19.5 Å². The Hall–Kier alpha value is -2.22. The molecule has 0 atom stereocenters. The van der Waals surface area contributed by atoms with Crippen LogP contribution in [0.25, 0.3) is 0 Å². The molecular weight excluding hydrogens is 346 g/mol. The Labute approximate surface area is 150 Å². The second-order valence-corrected chi connectivity index (χ2v) is 6.06. The summed E-state index contributed by atoms with van der Waals surface area (Å²) in [6, 6.07) is 6.66. The molecule has 0 saturated carbocycles. The topological polar surface area (TPSA) is 58.5 Å². The zero-order valence-electron chi connectivity index (χ0n) is 14.3. The maximum absolute atomic E-state index is 12.5. The summed E-state index contributed by atoms with van der Waals surface area (Å²) in [5, 5.41) is 9.44. The Balaban J connectivity index is 2.01. The first-order valence-corrected chi connectivity index (χ1v) is 8.98. The molecular formula is C17H22F2N4OS. The highest BCUT2D eigenvalue weighted by Crippen LogP contribution is 2.20. The molecule has 1 aromatic heterocycles. The summed E-state index contributed by atoms with van der Waals surface area (Å²) in [4.78, 5) is 8.93. The molecule has 0 aliphatic rings. The SMILES string of the molecule is CCNC(=NCc1ccccc1OC(F)F)NCc1csc(CC)n1. The van der Waals surface area contributed by atoms with Gasteiger partial charge in [-0.25, -0.2) is 9.98 Å². The molecule has 0 bridgehead atoms. The van der Waals surface area contributed by atoms with Gasteiger partial charge in [0, 0.05) is 17.5 Å². The number of para-hydroxylation sites is 1. The van der Waals surface area contributed by atoms with Crippen LogP contribution in [-0.4, -0.2) is 24.1 Å². The van der Waals surface area contributed by atoms with Crippen molar-refractivity contribution >= 4 is 17.3 Å². The van der Waals surface area contributed by atoms with E-state index in [1.54, 1.807) is 29.5 Å². The van der Waals surface area contributed by atoms with Crippen molar-refractivity contribution < 1.29 is 13.5 Å². The predicted octanol–water partition coefficient (Wildman–Crippen LogP) is 3.56. The molecule has 0 aliphatic heterocycles. The van der Waals surface area contributed by atoms with Gasteiger partial charge in [0.2, 0.25) is 0 Å². The summed E-state index contributed by atoms with van der Waals surface area (Å²) < 4.78 is 29.5. The van der Waals surface area contributed by atoms with Crippen LogP contribution in [0.15, 0.2) is 34.6 Å². The molecule has 2 rings (SSSR count). The number of hydrogen-bond acceptors (Lipinski definition) is 4. The molecule has 8 heteroatoms. The maximum atomic E-state index is 12.5. The van der Waals surface area contributed by atoms with Crippen LogP contribution >= 0.6 is 11.3 Å². The monoisotopic (exact) mass is 368 g/mol. The lowest BCUT2D eigenvalue weighted by Crippen LogP contribution is -2.36. The molecule has 1 heterocycles. The zero-order chi connectivity index (χ0) is 18.1. The Morgan fingerprint density at radius 3 is 2.76 bits per heavy atom. The van der Waals surface area contributed by atoms with Gasteiger partial charge in [-0.15, -0.1) is 11.3 Å². The van der Waals surface area contributed by atoms with E-state index in [-0.39, 0.29) is 12.3 Å². The number of halogens is 2. The highest BCUT2D eigenvalue weighted by molar-refractivity contribution is 7.09. The number of ether oxygens (including phenoxy) is 1. The highest BCUT2D eigenvalue weighted by Gasteiger charge is 2.09. The molecule has 136 valence electrons. The minimum Gasteiger partial charge on any atom is -0.434 e. The summed E-state index contributed by atoms with van der Waals surface area (Å²) in [6.45, 7) is 2.66. The summed E-state index contributed by atoms with van der Waals surface area (Å²) in [5.74, 6) is 0.740. The Morgan fingerprint density at radius 2 is 2.08 bits per heavy atom. The van der Waals surface area contributed by atoms with Gasteiger partial charge in [0.1, 0.15) is 5.75 Å². The van der Waals surface area contributed by atoms with Crippen molar-refractivity contribution in [1.82, 2.24) is 15.6 Å². The molecule has 25 heavy (non-hydrogen) atoms. The second-order valence-electron chi connectivity index (χ2n) is 5.12. The third-order valence-electron chi connectivity index (χ3n) is 3.28. The van der Waals surface area contributed by atoms with Gasteiger partial charge in [-0.1, -0.05) is 25.1 Å². The predicted molar refractivity (Wildman–Crippen MR) is 96.2 cm³/mol. The molecule has 1 aromatic carbocycles. The van der Waals surface area contributed by atoms with Gasteiger partial charge in [0.05, 0.1) is 23.8 Å². The fourth-order valence-electron chi connectivity index (χ4n) is 2.12. The van der Waals surface area contributed by atoms with Crippen molar-refractivity contribution in [2.24, 2.45) is 4.99 Å². The standard InChI is InChI=1S/C17H22F2N4OS/c1-3-15-23-13(11-25-15)10-22-17(20-4-2)21-9-12-7-5-6-8-14(12)24-16(18)19/h5-8,11,16H,3-4,9-10H2,1-2H3,(H2,20,21,22). The van der Waals surface area contributed by atoms with E-state index in [4.69, 9.17) is 0 Å². The number of aryl methyl sites for hydroxylation is 1. The molecule has 0 fully saturated rings. The van der Waals surface area contributed by atoms with E-state index in [1.165, 1.54) is 6.07 Å². The summed E-state index contributed by atoms with van der Waals surface area (Å²) >= 11 is 1.63. The van der Waals surface area contributed by atoms with Crippen LogP contribution < -0.4 is 15.4 Å². The fraction of sp³-hybridized carbons (Fsp3) is 0.412. The van der Waals surface area contributed by atoms with E-state index in [2.05, 4.69) is 32.3 Å². The molecule has 2 aromatic rings. The molecule has 0 amide bonds. The van der Waals surface area contributed by atoms with Crippen molar-refractivity contribution in [3.63, 3.8) is 0 Å². The number of thiazole rings is 1. The zero-order valence-corrected chi connectivity index (χ0v) is 15.1. The molecule has 0 unspecified atom stereocenters. The van der Waals surface area contributed by atoms with Crippen LogP contribution in [0.5, 0.6) is 5.75 Å². The first-order valence-electron chi connectivity index (χ1n) is 8.10. The van der Waals surface area contributed by atoms with Crippen LogP contribution in [0.2, 0.25) is 0 Å². The molecule has 2 N–H and O–H groups in total. The smallest absolute Gasteiger partial charge is 0.387 e. The van der Waals surface area contributed by atoms with E-state index in [0.717, 1.165) is 17.1 Å². The number of alkyl halides is 2. The highest BCUT2D eigenvalue weighted by atomic mass is 32.1. The van der Waals surface area contributed by atoms with Gasteiger partial charge >= 0.3 is 6.61 Å². The lowest BCUT2D eigenvalue weighted by atomic mass is 10.2. The van der Waals surface area contributed by atoms with Crippen molar-refractivity contribution in [1.29, 1.82) is 0 Å². The van der Waals surface area contributed by atoms with Crippen molar-refractivity contribution in [2.45, 2.75) is 40.0 Å². The number of hydrogen-bond donors (Lipinski definition) is 2. The van der Waals surface area contributed by atoms with Gasteiger partial charge in [0.15, 0.2) is 5.96 Å². The average molecular weight is 368 g/mol. The minimum absolute atomic E-state index is 0.143. The van der Waals surface area contributed by atoms with E-state index in [0.29, 0.717) is 24.6 Å². The lowest BCUT2D eigenvalue weighted by molar-refractivity contribution is -0.0504. The van der Waals surface area contributed by atoms with E-state index < -0.39 is 6.61 Å². The molecule has 5 nitrogen and oxygen atoms in total. The number of guanidine groups is 1. The third kappa shape index (κ3) is 6.30. The van der Waals surface area contributed by atoms with Crippen LogP contribution in [0.1, 0.15) is 30.1 Å². The number of nitrogens with zero attached hydrogens (tertiary/aromatic N) is 2. The van der Waals surface area contributed by atoms with Gasteiger partial charge in [-0.2, -0.15) is 8.78 Å². The Kier molecular flexibility index (Phi) is 7.59. The number of aliphatic imine (C=N–C) groups is 1. The first-order chi connectivity index (χ1) is 12.1. The van der Waals surface area contributed by atoms with Crippen LogP contribution in [0.4, 0.5) is 8.78 Å². The maximum Gasteiger partial charge on any atom is 0.387 e. The molecule has 0 saturated heterocycles. The normalized spacial score (nSPS) is 11.6. The third-order valence-corrected chi connectivity index (χ3v) is 4.32. The average Bonchev–Trinajstić information content (AvgIpc) is 3.06. The van der Waals surface area contributed by atoms with E-state index in [9.17, 15) is 8.78 Å². The summed E-state index contributed by atoms with van der Waals surface area (Å²) in [5.41, 5.74) is 1.55. The van der Waals surface area contributed by atoms with Crippen molar-refractivity contribution in [2.75, 3.05) is 6.54 Å². The van der Waals surface area contributed by atoms with Crippen molar-refractivity contribution in [3.8, 4) is 5.75 Å². The van der Waals surface area contributed by atoms with Gasteiger partial charge in [0.25, 0.3) is 0 Å². The van der Waals surface area contributed by atoms with E-state index >= 15 is 0 Å². The first kappa shape index (κ1) is 19.1. The molecule has 0 aliphatic carbocycles. The Bertz CT molecular complexity index is 691. The quantitative estimate of drug-likeness (QED) is 0.553. The van der Waals surface area contributed by atoms with E-state index in [1.807, 2.05) is 12.3 Å². The van der Waals surface area contributed by atoms with Gasteiger partial charge < -0.3 is 15.4 Å². The minimum atomic E-state index is -2.85. The van der Waals surface area contributed by atoms with Crippen LogP contribution in [0.3, 0.4) is 0 Å². The number of nitrogens with one attached hydrogen (secondary N) is 2. The van der Waals surface area contributed by atoms with Gasteiger partial charge in [-0.3, -0.25) is 0 Å². The van der Waals surface area contributed by atoms with Crippen LogP contribution in [0, 0.1) is 0 Å². The summed E-state index contributed by atoms with van der Waals surface area (Å²) in [7, 11) is 0. The fourth-order valence-corrected chi connectivity index (χ4v) is 2.86. The second kappa shape index (κ2) is 9.93. The number of aromatic nitrogens is 1. The van der Waals surface area contributed by atoms with Gasteiger partial charge in [-0.05, 0) is 19.4 Å². The largest absolute Gasteiger partial charge is 0.434 e. The summed E-state index contributed by atoms with van der Waals surface area (Å²) in [6.07, 6.45) is 0.916. The number of benzene rings is 1. The van der Waals surface area contributed by atoms with Crippen molar-refractivity contribution in [3.05, 3.63) is 45.9 Å². The Morgan fingerprint density at radius 1 is 1.28 bits per heavy atom. The molecule has 0 radical (unpaired) electrons. The molecule has 0 spiro atoms. The number of rotatable bonds is 8. The lowest BCUT2D eigenvalue weighted by Gasteiger charge is -2.12.